The van der Waals surface area contributed by atoms with Gasteiger partial charge in [0.1, 0.15) is 11.9 Å². The van der Waals surface area contributed by atoms with Crippen molar-refractivity contribution in [3.8, 4) is 0 Å². The van der Waals surface area contributed by atoms with Gasteiger partial charge in [-0.15, -0.1) is 0 Å². The Labute approximate surface area is 103 Å². The Balaban J connectivity index is 2.08. The second kappa shape index (κ2) is 4.93. The summed E-state index contributed by atoms with van der Waals surface area (Å²) in [5, 5.41) is 0. The van der Waals surface area contributed by atoms with E-state index in [4.69, 9.17) is 4.74 Å². The molecule has 1 atom stereocenters. The van der Waals surface area contributed by atoms with E-state index < -0.39 is 0 Å². The van der Waals surface area contributed by atoms with Crippen LogP contribution in [0.1, 0.15) is 12.8 Å². The number of carbonyl (C=O) groups is 1. The number of amides is 1. The fourth-order valence-electron chi connectivity index (χ4n) is 1.67. The molecule has 1 aliphatic heterocycles. The van der Waals surface area contributed by atoms with E-state index in [-0.39, 0.29) is 12.0 Å². The first-order valence-corrected chi connectivity index (χ1v) is 5.98. The first-order chi connectivity index (χ1) is 7.68. The van der Waals surface area contributed by atoms with Crippen LogP contribution < -0.4 is 4.90 Å². The number of rotatable bonds is 2. The monoisotopic (exact) mass is 284 g/mol. The SMILES string of the molecule is CN(C(=O)C1CCCO1)c1ccc(Br)cn1. The maximum atomic E-state index is 12.0. The highest BCUT2D eigenvalue weighted by molar-refractivity contribution is 9.10. The van der Waals surface area contributed by atoms with Gasteiger partial charge in [-0.2, -0.15) is 0 Å². The predicted octanol–water partition coefficient (Wildman–Crippen LogP) is 1.99. The fourth-order valence-corrected chi connectivity index (χ4v) is 1.90. The van der Waals surface area contributed by atoms with Crippen LogP contribution in [-0.2, 0) is 9.53 Å². The number of hydrogen-bond acceptors (Lipinski definition) is 3. The van der Waals surface area contributed by atoms with Gasteiger partial charge in [0.25, 0.3) is 5.91 Å². The second-order valence-corrected chi connectivity index (χ2v) is 4.65. The number of carbonyl (C=O) groups excluding carboxylic acids is 1. The van der Waals surface area contributed by atoms with Crippen LogP contribution in [-0.4, -0.2) is 30.6 Å². The Kier molecular flexibility index (Phi) is 3.56. The number of halogens is 1. The molecule has 1 aromatic rings. The maximum absolute atomic E-state index is 12.0. The lowest BCUT2D eigenvalue weighted by Crippen LogP contribution is -2.36. The van der Waals surface area contributed by atoms with Gasteiger partial charge in [-0.05, 0) is 40.9 Å². The Bertz CT molecular complexity index is 374. The van der Waals surface area contributed by atoms with E-state index in [1.807, 2.05) is 6.07 Å². The molecule has 5 heteroatoms. The number of ether oxygens (including phenoxy) is 1. The predicted molar refractivity (Wildman–Crippen MR) is 64.3 cm³/mol. The van der Waals surface area contributed by atoms with E-state index in [2.05, 4.69) is 20.9 Å². The van der Waals surface area contributed by atoms with Crippen molar-refractivity contribution in [1.82, 2.24) is 4.98 Å². The van der Waals surface area contributed by atoms with Crippen molar-refractivity contribution in [3.05, 3.63) is 22.8 Å². The molecule has 86 valence electrons. The number of pyridine rings is 1. The maximum Gasteiger partial charge on any atom is 0.257 e. The van der Waals surface area contributed by atoms with Gasteiger partial charge in [-0.1, -0.05) is 0 Å². The van der Waals surface area contributed by atoms with Gasteiger partial charge in [-0.25, -0.2) is 4.98 Å². The van der Waals surface area contributed by atoms with Crippen molar-refractivity contribution >= 4 is 27.7 Å². The Morgan fingerprint density at radius 2 is 2.44 bits per heavy atom. The minimum absolute atomic E-state index is 0.0210. The van der Waals surface area contributed by atoms with E-state index in [0.29, 0.717) is 12.4 Å². The summed E-state index contributed by atoms with van der Waals surface area (Å²) >= 11 is 3.31. The highest BCUT2D eigenvalue weighted by Crippen LogP contribution is 2.18. The first kappa shape index (κ1) is 11.5. The Morgan fingerprint density at radius 3 is 3.00 bits per heavy atom. The molecule has 16 heavy (non-hydrogen) atoms. The van der Waals surface area contributed by atoms with Crippen LogP contribution in [0.15, 0.2) is 22.8 Å². The molecule has 1 amide bonds. The molecule has 0 bridgehead atoms. The standard InChI is InChI=1S/C11H13BrN2O2/c1-14(10-5-4-8(12)7-13-10)11(15)9-3-2-6-16-9/h4-5,7,9H,2-3,6H2,1H3. The summed E-state index contributed by atoms with van der Waals surface area (Å²) in [5.41, 5.74) is 0. The molecule has 1 fully saturated rings. The van der Waals surface area contributed by atoms with E-state index in [1.165, 1.54) is 0 Å². The average Bonchev–Trinajstić information content (AvgIpc) is 2.81. The molecule has 0 aromatic carbocycles. The van der Waals surface area contributed by atoms with Gasteiger partial charge in [0.15, 0.2) is 0 Å². The molecule has 0 aliphatic carbocycles. The third-order valence-corrected chi connectivity index (χ3v) is 3.06. The fraction of sp³-hybridized carbons (Fsp3) is 0.455. The van der Waals surface area contributed by atoms with Crippen LogP contribution >= 0.6 is 15.9 Å². The van der Waals surface area contributed by atoms with Crippen LogP contribution in [0.25, 0.3) is 0 Å². The zero-order valence-electron chi connectivity index (χ0n) is 9.02. The molecule has 2 heterocycles. The smallest absolute Gasteiger partial charge is 0.257 e. The molecule has 1 aromatic heterocycles. The molecular formula is C11H13BrN2O2. The summed E-state index contributed by atoms with van der Waals surface area (Å²) in [4.78, 5) is 17.7. The number of anilines is 1. The van der Waals surface area contributed by atoms with Gasteiger partial charge < -0.3 is 4.74 Å². The Morgan fingerprint density at radius 1 is 1.62 bits per heavy atom. The van der Waals surface area contributed by atoms with Gasteiger partial charge in [0, 0.05) is 24.3 Å². The number of hydrogen-bond donors (Lipinski definition) is 0. The topological polar surface area (TPSA) is 42.4 Å². The lowest BCUT2D eigenvalue weighted by molar-refractivity contribution is -0.127. The van der Waals surface area contributed by atoms with Crippen LogP contribution in [0.4, 0.5) is 5.82 Å². The Hall–Kier alpha value is -0.940. The van der Waals surface area contributed by atoms with Crippen molar-refractivity contribution in [1.29, 1.82) is 0 Å². The molecule has 1 saturated heterocycles. The molecule has 4 nitrogen and oxygen atoms in total. The van der Waals surface area contributed by atoms with Gasteiger partial charge >= 0.3 is 0 Å². The van der Waals surface area contributed by atoms with Crippen LogP contribution in [0, 0.1) is 0 Å². The minimum atomic E-state index is -0.296. The highest BCUT2D eigenvalue weighted by Gasteiger charge is 2.27. The molecule has 0 radical (unpaired) electrons. The zero-order chi connectivity index (χ0) is 11.5. The van der Waals surface area contributed by atoms with Crippen molar-refractivity contribution < 1.29 is 9.53 Å². The summed E-state index contributed by atoms with van der Waals surface area (Å²) in [6, 6.07) is 3.67. The largest absolute Gasteiger partial charge is 0.368 e. The van der Waals surface area contributed by atoms with Crippen molar-refractivity contribution in [2.75, 3.05) is 18.6 Å². The molecular weight excluding hydrogens is 272 g/mol. The highest BCUT2D eigenvalue weighted by atomic mass is 79.9. The van der Waals surface area contributed by atoms with E-state index in [1.54, 1.807) is 24.2 Å². The van der Waals surface area contributed by atoms with Crippen LogP contribution in [0.3, 0.4) is 0 Å². The van der Waals surface area contributed by atoms with E-state index >= 15 is 0 Å². The first-order valence-electron chi connectivity index (χ1n) is 5.19. The summed E-state index contributed by atoms with van der Waals surface area (Å²) in [6.45, 7) is 0.679. The van der Waals surface area contributed by atoms with Crippen molar-refractivity contribution in [3.63, 3.8) is 0 Å². The van der Waals surface area contributed by atoms with Crippen LogP contribution in [0.5, 0.6) is 0 Å². The lowest BCUT2D eigenvalue weighted by atomic mass is 10.2. The summed E-state index contributed by atoms with van der Waals surface area (Å²) < 4.78 is 6.25. The molecule has 2 rings (SSSR count). The molecule has 0 saturated carbocycles. The van der Waals surface area contributed by atoms with E-state index in [0.717, 1.165) is 17.3 Å². The number of nitrogens with zero attached hydrogens (tertiary/aromatic N) is 2. The van der Waals surface area contributed by atoms with Gasteiger partial charge in [0.05, 0.1) is 0 Å². The third kappa shape index (κ3) is 2.41. The van der Waals surface area contributed by atoms with E-state index in [9.17, 15) is 4.79 Å². The molecule has 1 aliphatic rings. The van der Waals surface area contributed by atoms with Crippen molar-refractivity contribution in [2.45, 2.75) is 18.9 Å². The molecule has 0 N–H and O–H groups in total. The van der Waals surface area contributed by atoms with Crippen LogP contribution in [0.2, 0.25) is 0 Å². The average molecular weight is 285 g/mol. The summed E-state index contributed by atoms with van der Waals surface area (Å²) in [7, 11) is 1.72. The van der Waals surface area contributed by atoms with Gasteiger partial charge in [-0.3, -0.25) is 9.69 Å². The quantitative estimate of drug-likeness (QED) is 0.834. The van der Waals surface area contributed by atoms with Crippen molar-refractivity contribution in [2.24, 2.45) is 0 Å². The second-order valence-electron chi connectivity index (χ2n) is 3.73. The number of aromatic nitrogens is 1. The summed E-state index contributed by atoms with van der Waals surface area (Å²) in [5.74, 6) is 0.621. The minimum Gasteiger partial charge on any atom is -0.368 e. The zero-order valence-corrected chi connectivity index (χ0v) is 10.6. The molecule has 1 unspecified atom stereocenters. The van der Waals surface area contributed by atoms with Gasteiger partial charge in [0.2, 0.25) is 0 Å². The summed E-state index contributed by atoms with van der Waals surface area (Å²) in [6.07, 6.45) is 3.14. The third-order valence-electron chi connectivity index (χ3n) is 2.59. The number of likely N-dealkylation sites (N-methyl/N-ethyl adjacent to an activating group) is 1. The lowest BCUT2D eigenvalue weighted by Gasteiger charge is -2.19. The molecule has 0 spiro atoms. The normalized spacial score (nSPS) is 19.8.